The van der Waals surface area contributed by atoms with Crippen LogP contribution in [0.25, 0.3) is 0 Å². The molecule has 21 heavy (non-hydrogen) atoms. The van der Waals surface area contributed by atoms with Crippen LogP contribution in [0.5, 0.6) is 0 Å². The fourth-order valence-electron chi connectivity index (χ4n) is 1.78. The lowest BCUT2D eigenvalue weighted by atomic mass is 9.77. The van der Waals surface area contributed by atoms with Crippen LogP contribution in [-0.2, 0) is 9.53 Å². The number of carbonyl (C=O) groups is 1. The summed E-state index contributed by atoms with van der Waals surface area (Å²) >= 11 is 1.89. The number of ether oxygens (including phenoxy) is 1. The Morgan fingerprint density at radius 2 is 1.71 bits per heavy atom. The van der Waals surface area contributed by atoms with Crippen LogP contribution < -0.4 is 5.32 Å². The maximum Gasteiger partial charge on any atom is 0.222 e. The lowest BCUT2D eigenvalue weighted by Gasteiger charge is -2.42. The van der Waals surface area contributed by atoms with Crippen molar-refractivity contribution in [3.63, 3.8) is 0 Å². The lowest BCUT2D eigenvalue weighted by molar-refractivity contribution is -0.128. The highest BCUT2D eigenvalue weighted by molar-refractivity contribution is 8.01. The van der Waals surface area contributed by atoms with E-state index in [0.717, 1.165) is 0 Å². The van der Waals surface area contributed by atoms with Gasteiger partial charge in [-0.3, -0.25) is 4.79 Å². The zero-order valence-corrected chi connectivity index (χ0v) is 15.7. The van der Waals surface area contributed by atoms with E-state index in [2.05, 4.69) is 46.9 Å². The van der Waals surface area contributed by atoms with E-state index in [4.69, 9.17) is 9.84 Å². The monoisotopic (exact) mass is 319 g/mol. The zero-order valence-electron chi connectivity index (χ0n) is 14.9. The number of aliphatic hydroxyl groups excluding tert-OH is 1. The highest BCUT2D eigenvalue weighted by Crippen LogP contribution is 2.45. The van der Waals surface area contributed by atoms with Gasteiger partial charge in [-0.25, -0.2) is 0 Å². The van der Waals surface area contributed by atoms with E-state index in [1.807, 2.05) is 11.8 Å². The van der Waals surface area contributed by atoms with Gasteiger partial charge in [0.15, 0.2) is 0 Å². The molecule has 1 amide bonds. The molecule has 0 aromatic carbocycles. The Morgan fingerprint density at radius 1 is 1.19 bits per heavy atom. The quantitative estimate of drug-likeness (QED) is 0.641. The fraction of sp³-hybridized carbons (Fsp3) is 0.938. The molecule has 2 N–H and O–H groups in total. The van der Waals surface area contributed by atoms with Gasteiger partial charge >= 0.3 is 0 Å². The SMILES string of the molecule is CC(C)SC(C)(C)C(C)(C)CC(=O)NCOC(C)(C)CO. The van der Waals surface area contributed by atoms with E-state index in [9.17, 15) is 4.79 Å². The van der Waals surface area contributed by atoms with Gasteiger partial charge in [-0.1, -0.05) is 41.5 Å². The largest absolute Gasteiger partial charge is 0.393 e. The molecule has 0 rings (SSSR count). The van der Waals surface area contributed by atoms with Crippen LogP contribution in [0.3, 0.4) is 0 Å². The van der Waals surface area contributed by atoms with Crippen molar-refractivity contribution >= 4 is 17.7 Å². The Hall–Kier alpha value is -0.260. The predicted octanol–water partition coefficient (Wildman–Crippen LogP) is 3.18. The molecular weight excluding hydrogens is 286 g/mol. The Balaban J connectivity index is 4.42. The molecule has 0 aliphatic carbocycles. The maximum atomic E-state index is 12.1. The van der Waals surface area contributed by atoms with E-state index in [1.165, 1.54) is 0 Å². The van der Waals surface area contributed by atoms with Crippen LogP contribution in [0.1, 0.15) is 61.8 Å². The Kier molecular flexibility index (Phi) is 7.74. The van der Waals surface area contributed by atoms with Crippen LogP contribution in [0.2, 0.25) is 0 Å². The van der Waals surface area contributed by atoms with Gasteiger partial charge in [-0.05, 0) is 24.5 Å². The molecular formula is C16H33NO3S. The normalized spacial score (nSPS) is 13.6. The molecule has 0 aliphatic heterocycles. The first-order valence-corrected chi connectivity index (χ1v) is 8.40. The molecule has 0 fully saturated rings. The van der Waals surface area contributed by atoms with Crippen molar-refractivity contribution in [2.75, 3.05) is 13.3 Å². The third-order valence-electron chi connectivity index (χ3n) is 3.88. The summed E-state index contributed by atoms with van der Waals surface area (Å²) in [5.74, 6) is -0.0221. The molecule has 0 saturated heterocycles. The Bertz CT molecular complexity index is 338. The zero-order chi connectivity index (χ0) is 16.9. The van der Waals surface area contributed by atoms with E-state index in [-0.39, 0.29) is 29.4 Å². The summed E-state index contributed by atoms with van der Waals surface area (Å²) in [4.78, 5) is 12.1. The second-order valence-corrected chi connectivity index (χ2v) is 9.74. The number of hydrogen-bond donors (Lipinski definition) is 2. The molecule has 0 aliphatic rings. The molecule has 0 bridgehead atoms. The summed E-state index contributed by atoms with van der Waals surface area (Å²) in [5.41, 5.74) is -0.756. The molecule has 126 valence electrons. The van der Waals surface area contributed by atoms with Gasteiger partial charge < -0.3 is 15.2 Å². The molecule has 0 atom stereocenters. The number of rotatable bonds is 9. The topological polar surface area (TPSA) is 58.6 Å². The van der Waals surface area contributed by atoms with E-state index < -0.39 is 5.60 Å². The third-order valence-corrected chi connectivity index (χ3v) is 5.49. The van der Waals surface area contributed by atoms with Crippen molar-refractivity contribution in [3.8, 4) is 0 Å². The molecule has 5 heteroatoms. The van der Waals surface area contributed by atoms with Crippen LogP contribution in [-0.4, -0.2) is 39.9 Å². The minimum absolute atomic E-state index is 0.00370. The van der Waals surface area contributed by atoms with Gasteiger partial charge in [-0.2, -0.15) is 11.8 Å². The molecule has 0 saturated carbocycles. The molecule has 0 heterocycles. The second-order valence-electron chi connectivity index (χ2n) is 7.54. The van der Waals surface area contributed by atoms with Crippen LogP contribution >= 0.6 is 11.8 Å². The summed E-state index contributed by atoms with van der Waals surface area (Å²) < 4.78 is 5.43. The summed E-state index contributed by atoms with van der Waals surface area (Å²) in [6.45, 7) is 16.6. The first-order valence-electron chi connectivity index (χ1n) is 7.52. The summed E-state index contributed by atoms with van der Waals surface area (Å²) in [6, 6.07) is 0. The first-order chi connectivity index (χ1) is 9.33. The average Bonchev–Trinajstić information content (AvgIpc) is 2.25. The molecule has 0 radical (unpaired) electrons. The minimum Gasteiger partial charge on any atom is -0.393 e. The number of thioether (sulfide) groups is 1. The Labute approximate surface area is 134 Å². The van der Waals surface area contributed by atoms with Gasteiger partial charge in [0.2, 0.25) is 5.91 Å². The van der Waals surface area contributed by atoms with E-state index >= 15 is 0 Å². The highest BCUT2D eigenvalue weighted by atomic mass is 32.2. The van der Waals surface area contributed by atoms with Crippen LogP contribution in [0.15, 0.2) is 0 Å². The third kappa shape index (κ3) is 7.52. The smallest absolute Gasteiger partial charge is 0.222 e. The molecule has 0 unspecified atom stereocenters. The van der Waals surface area contributed by atoms with E-state index in [0.29, 0.717) is 11.7 Å². The van der Waals surface area contributed by atoms with E-state index in [1.54, 1.807) is 13.8 Å². The molecule has 0 spiro atoms. The van der Waals surface area contributed by atoms with Crippen molar-refractivity contribution in [1.82, 2.24) is 5.32 Å². The van der Waals surface area contributed by atoms with Gasteiger partial charge in [0.1, 0.15) is 6.73 Å². The maximum absolute atomic E-state index is 12.1. The van der Waals surface area contributed by atoms with Gasteiger partial charge in [0.05, 0.1) is 12.2 Å². The number of hydrogen-bond acceptors (Lipinski definition) is 4. The predicted molar refractivity (Wildman–Crippen MR) is 90.5 cm³/mol. The first kappa shape index (κ1) is 20.7. The van der Waals surface area contributed by atoms with Crippen LogP contribution in [0.4, 0.5) is 0 Å². The number of carbonyl (C=O) groups excluding carboxylic acids is 1. The van der Waals surface area contributed by atoms with Gasteiger partial charge in [0, 0.05) is 11.2 Å². The lowest BCUT2D eigenvalue weighted by Crippen LogP contribution is -2.42. The average molecular weight is 320 g/mol. The summed E-state index contributed by atoms with van der Waals surface area (Å²) in [6.07, 6.45) is 0.447. The summed E-state index contributed by atoms with van der Waals surface area (Å²) in [7, 11) is 0. The summed E-state index contributed by atoms with van der Waals surface area (Å²) in [5, 5.41) is 12.4. The number of aliphatic hydroxyl groups is 1. The van der Waals surface area contributed by atoms with Crippen molar-refractivity contribution in [3.05, 3.63) is 0 Å². The standard InChI is InChI=1S/C16H33NO3S/c1-12(2)21-16(7,8)14(3,4)9-13(19)17-11-20-15(5,6)10-18/h12,18H,9-11H2,1-8H3,(H,17,19). The van der Waals surface area contributed by atoms with Crippen molar-refractivity contribution in [1.29, 1.82) is 0 Å². The van der Waals surface area contributed by atoms with Gasteiger partial charge in [-0.15, -0.1) is 0 Å². The second kappa shape index (κ2) is 7.84. The minimum atomic E-state index is -0.629. The van der Waals surface area contributed by atoms with Crippen LogP contribution in [0, 0.1) is 5.41 Å². The number of amides is 1. The van der Waals surface area contributed by atoms with Crippen molar-refractivity contribution < 1.29 is 14.6 Å². The fourth-order valence-corrected chi connectivity index (χ4v) is 3.35. The molecule has 4 nitrogen and oxygen atoms in total. The number of nitrogens with one attached hydrogen (secondary N) is 1. The Morgan fingerprint density at radius 3 is 2.14 bits per heavy atom. The van der Waals surface area contributed by atoms with Crippen molar-refractivity contribution in [2.45, 2.75) is 77.4 Å². The highest BCUT2D eigenvalue weighted by Gasteiger charge is 2.39. The van der Waals surface area contributed by atoms with Crippen molar-refractivity contribution in [2.24, 2.45) is 5.41 Å². The molecule has 0 aromatic heterocycles. The van der Waals surface area contributed by atoms with Gasteiger partial charge in [0.25, 0.3) is 0 Å². The molecule has 0 aromatic rings.